The van der Waals surface area contributed by atoms with Gasteiger partial charge in [0.05, 0.1) is 71.0 Å². The van der Waals surface area contributed by atoms with E-state index in [1.54, 1.807) is 0 Å². The second kappa shape index (κ2) is 36.2. The lowest BCUT2D eigenvalue weighted by Crippen LogP contribution is -2.71. The summed E-state index contributed by atoms with van der Waals surface area (Å²) in [4.78, 5) is 63.1. The molecule has 0 aromatic heterocycles. The molecule has 97 heavy (non-hydrogen) atoms. The highest BCUT2D eigenvalue weighted by Crippen LogP contribution is 2.40. The lowest BCUT2D eigenvalue weighted by molar-refractivity contribution is -0.383. The van der Waals surface area contributed by atoms with Crippen LogP contribution in [0.25, 0.3) is 0 Å². The summed E-state index contributed by atoms with van der Waals surface area (Å²) in [5.74, 6) is -9.38. The molecule has 44 heteroatoms. The minimum Gasteiger partial charge on any atom is -0.477 e. The number of nitrogens with one attached hydrogen (secondary N) is 4. The Bertz CT molecular complexity index is 2510. The fourth-order valence-electron chi connectivity index (χ4n) is 11.8. The van der Waals surface area contributed by atoms with Crippen molar-refractivity contribution >= 4 is 29.6 Å². The van der Waals surface area contributed by atoms with Crippen molar-refractivity contribution < 1.29 is 198 Å². The largest absolute Gasteiger partial charge is 0.477 e. The number of aliphatic hydroxyl groups is 22. The zero-order chi connectivity index (χ0) is 72.4. The number of aliphatic carboxylic acids is 1. The van der Waals surface area contributed by atoms with Crippen molar-refractivity contribution in [2.75, 3.05) is 59.5 Å². The summed E-state index contributed by atoms with van der Waals surface area (Å²) in [5.41, 5.74) is 0. The van der Waals surface area contributed by atoms with Gasteiger partial charge in [0.15, 0.2) is 31.5 Å². The molecule has 0 saturated carbocycles. The molecule has 0 aliphatic carbocycles. The fraction of sp³-hybridized carbons (Fsp3) is 0.906. The number of aliphatic hydroxyl groups excluding tert-OH is 22. The van der Waals surface area contributed by atoms with Crippen molar-refractivity contribution in [3.63, 3.8) is 0 Å². The van der Waals surface area contributed by atoms with Crippen LogP contribution in [0.2, 0.25) is 0 Å². The highest BCUT2D eigenvalue weighted by atomic mass is 16.8. The van der Waals surface area contributed by atoms with Gasteiger partial charge in [-0.15, -0.1) is 0 Å². The van der Waals surface area contributed by atoms with E-state index in [2.05, 4.69) is 21.3 Å². The average Bonchev–Trinajstić information content (AvgIpc) is 0.767. The smallest absolute Gasteiger partial charge is 0.364 e. The van der Waals surface area contributed by atoms with Crippen molar-refractivity contribution in [1.29, 1.82) is 0 Å². The van der Waals surface area contributed by atoms with E-state index in [1.165, 1.54) is 0 Å². The maximum Gasteiger partial charge on any atom is 0.364 e. The molecule has 6 fully saturated rings. The third-order valence-corrected chi connectivity index (χ3v) is 16.9. The van der Waals surface area contributed by atoms with Crippen molar-refractivity contribution in [1.82, 2.24) is 21.3 Å². The Morgan fingerprint density at radius 1 is 0.485 bits per heavy atom. The number of hydrogen-bond donors (Lipinski definition) is 27. The van der Waals surface area contributed by atoms with Gasteiger partial charge in [-0.3, -0.25) is 19.2 Å². The average molecular weight is 1420 g/mol. The van der Waals surface area contributed by atoms with E-state index in [0.29, 0.717) is 0 Å². The molecule has 0 aromatic rings. The van der Waals surface area contributed by atoms with Gasteiger partial charge in [0.1, 0.15) is 165 Å². The Labute approximate surface area is 548 Å². The summed E-state index contributed by atoms with van der Waals surface area (Å²) >= 11 is 0. The fourth-order valence-corrected chi connectivity index (χ4v) is 11.8. The molecule has 4 amide bonds. The van der Waals surface area contributed by atoms with Gasteiger partial charge < -0.3 is 196 Å². The van der Waals surface area contributed by atoms with Gasteiger partial charge >= 0.3 is 5.97 Å². The molecule has 6 heterocycles. The molecular weight excluding hydrogens is 1330 g/mol. The minimum absolute atomic E-state index is 0.889. The number of ether oxygens (including phenoxy) is 12. The van der Waals surface area contributed by atoms with Crippen LogP contribution in [-0.4, -0.2) is 421 Å². The van der Waals surface area contributed by atoms with Gasteiger partial charge in [-0.2, -0.15) is 0 Å². The Balaban J connectivity index is 1.21. The number of carboxylic acids is 1. The standard InChI is InChI=1S/C53H90N4O40/c1-14(66)54-17(5-58)41(92-50-39(82)45(33(76)22(8-61)88-50)95-48-29(56-16(3)68)36(79)43(25(11-64)91-48)93-49-38(81)37(80)32(75)21(7-60)87-49)31(74)20(71)13-86-47-28(55-15(2)67)35(78)42(24(10-63)90-47)94-51-40(83)46(34(77)23(9-62)89-51)97-53(52(84)85)4-18(69)27(57-26(72)12-65)44(96-53)30(73)19(70)6-59/h17-25,27-51,58-65,69-71,73-83H,4-13H2,1-3H3,(H,54,66)(H,55,67)(H,56,68)(H,57,72)(H,84,85)/t17-,18-,19+,20+,21+,22+,23+,24+,25+,27+,28+,29+,30+,31-,32-,33-,34-,35+,36+,37-,38+,39+,40+,41+,42+,43+,44+,45-,46-,47+,48-,49-,50-,51-,53-/m0/s1. The van der Waals surface area contributed by atoms with E-state index in [0.717, 1.165) is 20.8 Å². The summed E-state index contributed by atoms with van der Waals surface area (Å²) in [6.07, 6.45) is -64.2. The molecule has 562 valence electrons. The van der Waals surface area contributed by atoms with Crippen LogP contribution in [0.3, 0.4) is 0 Å². The molecule has 0 radical (unpaired) electrons. The van der Waals surface area contributed by atoms with Crippen LogP contribution >= 0.6 is 0 Å². The van der Waals surface area contributed by atoms with Crippen LogP contribution in [0.1, 0.15) is 27.2 Å². The van der Waals surface area contributed by atoms with Crippen molar-refractivity contribution in [2.45, 2.75) is 241 Å². The van der Waals surface area contributed by atoms with Crippen molar-refractivity contribution in [3.8, 4) is 0 Å². The van der Waals surface area contributed by atoms with E-state index in [9.17, 15) is 141 Å². The SMILES string of the molecule is CC(=O)N[C@H]1[C@H](O[C@H]2[C@@H](O)[C@@H](CO)O[C@@H](O[C@@H]([C@@H](O)[C@H](O)CO[C@@H]3O[C@H](CO)[C@@H](O[C@@H]4O[C@H](CO)[C@H](O)[C@H](O[C@]5(C(=O)O)C[C@H](O)[C@@H](NC(=O)CO)[C@H]([C@H](O)[C@H](O)CO)O5)[C@H]4O)[C@H](O)[C@H]3NC(C)=O)[C@H](CO)NC(C)=O)[C@@H]2O)O[C@H](CO)[C@@H](O[C@@H]2O[C@H](CO)[C@H](O)[C@H](O)[C@H]2O)[C@@H]1O. The number of rotatable bonds is 31. The molecule has 0 unspecified atom stereocenters. The van der Waals surface area contributed by atoms with Crippen LogP contribution in [-0.2, 0) is 80.8 Å². The summed E-state index contributed by atoms with van der Waals surface area (Å²) in [6, 6.07) is -7.36. The number of hydrogen-bond acceptors (Lipinski definition) is 39. The topological polar surface area (TPSA) is 710 Å². The van der Waals surface area contributed by atoms with Crippen LogP contribution in [0.5, 0.6) is 0 Å². The molecule has 6 saturated heterocycles. The second-order valence-corrected chi connectivity index (χ2v) is 23.8. The lowest BCUT2D eigenvalue weighted by atomic mass is 9.88. The molecular formula is C53H90N4O40. The van der Waals surface area contributed by atoms with Gasteiger partial charge in [-0.1, -0.05) is 0 Å². The summed E-state index contributed by atoms with van der Waals surface area (Å²) < 4.78 is 68.6. The molecule has 0 aromatic carbocycles. The molecule has 0 spiro atoms. The molecule has 0 bridgehead atoms. The first-order valence-electron chi connectivity index (χ1n) is 30.3. The summed E-state index contributed by atoms with van der Waals surface area (Å²) in [5, 5.41) is 258. The van der Waals surface area contributed by atoms with Gasteiger partial charge in [0, 0.05) is 27.2 Å². The normalized spacial score (nSPS) is 42.2. The number of amides is 4. The van der Waals surface area contributed by atoms with E-state index in [4.69, 9.17) is 56.8 Å². The van der Waals surface area contributed by atoms with E-state index in [-0.39, 0.29) is 0 Å². The molecule has 6 rings (SSSR count). The number of carboxylic acid groups (broad SMARTS) is 1. The van der Waals surface area contributed by atoms with E-state index in [1.807, 2.05) is 0 Å². The molecule has 35 atom stereocenters. The van der Waals surface area contributed by atoms with Crippen molar-refractivity contribution in [3.05, 3.63) is 0 Å². The monoisotopic (exact) mass is 1420 g/mol. The van der Waals surface area contributed by atoms with Crippen LogP contribution in [0.4, 0.5) is 0 Å². The highest BCUT2D eigenvalue weighted by Gasteiger charge is 2.62. The summed E-state index contributed by atoms with van der Waals surface area (Å²) in [6.45, 7) is -7.34. The quantitative estimate of drug-likeness (QED) is 0.0306. The third-order valence-electron chi connectivity index (χ3n) is 16.9. The molecule has 6 aliphatic rings. The Kier molecular flexibility index (Phi) is 30.6. The first kappa shape index (κ1) is 82.0. The highest BCUT2D eigenvalue weighted by molar-refractivity contribution is 5.78. The molecule has 44 nitrogen and oxygen atoms in total. The predicted molar refractivity (Wildman–Crippen MR) is 299 cm³/mol. The van der Waals surface area contributed by atoms with Crippen LogP contribution in [0, 0.1) is 0 Å². The van der Waals surface area contributed by atoms with Crippen molar-refractivity contribution in [2.24, 2.45) is 0 Å². The van der Waals surface area contributed by atoms with Crippen LogP contribution < -0.4 is 21.3 Å². The van der Waals surface area contributed by atoms with E-state index >= 15 is 0 Å². The number of carbonyl (C=O) groups excluding carboxylic acids is 4. The first-order valence-corrected chi connectivity index (χ1v) is 30.3. The Morgan fingerprint density at radius 2 is 0.948 bits per heavy atom. The summed E-state index contributed by atoms with van der Waals surface area (Å²) in [7, 11) is 0. The van der Waals surface area contributed by atoms with E-state index < -0.39 is 309 Å². The number of carbonyl (C=O) groups is 5. The Morgan fingerprint density at radius 3 is 1.43 bits per heavy atom. The first-order chi connectivity index (χ1) is 45.7. The second-order valence-electron chi connectivity index (χ2n) is 23.8. The predicted octanol–water partition coefficient (Wildman–Crippen LogP) is -17.9. The van der Waals surface area contributed by atoms with Crippen LogP contribution in [0.15, 0.2) is 0 Å². The third kappa shape index (κ3) is 19.0. The lowest BCUT2D eigenvalue weighted by Gasteiger charge is -2.51. The van der Waals surface area contributed by atoms with Gasteiger partial charge in [0.2, 0.25) is 23.6 Å². The molecule has 6 aliphatic heterocycles. The van der Waals surface area contributed by atoms with Gasteiger partial charge in [-0.05, 0) is 0 Å². The maximum atomic E-state index is 13.1. The van der Waals surface area contributed by atoms with Gasteiger partial charge in [0.25, 0.3) is 5.79 Å². The Hall–Kier alpha value is -4.01. The maximum absolute atomic E-state index is 13.1. The zero-order valence-electron chi connectivity index (χ0n) is 51.9. The zero-order valence-corrected chi connectivity index (χ0v) is 51.9. The minimum atomic E-state index is -3.29. The van der Waals surface area contributed by atoms with Gasteiger partial charge in [-0.25, -0.2) is 4.79 Å². The molecule has 27 N–H and O–H groups in total.